The summed E-state index contributed by atoms with van der Waals surface area (Å²) in [6.07, 6.45) is 3.48. The highest BCUT2D eigenvalue weighted by molar-refractivity contribution is 8.00. The number of hydrogen-bond acceptors (Lipinski definition) is 3. The summed E-state index contributed by atoms with van der Waals surface area (Å²) in [5.41, 5.74) is 7.39. The fourth-order valence-electron chi connectivity index (χ4n) is 2.17. The lowest BCUT2D eigenvalue weighted by Gasteiger charge is -2.36. The normalized spacial score (nSPS) is 23.8. The van der Waals surface area contributed by atoms with Crippen molar-refractivity contribution < 1.29 is 4.79 Å². The number of thioether (sulfide) groups is 1. The van der Waals surface area contributed by atoms with Gasteiger partial charge in [0.2, 0.25) is 5.91 Å². The number of benzene rings is 1. The topological polar surface area (TPSA) is 46.3 Å². The SMILES string of the molecule is CC1SCCN(C(=O)/C=C/c2cccc(N)c2)C1C. The van der Waals surface area contributed by atoms with Gasteiger partial charge in [0.25, 0.3) is 0 Å². The van der Waals surface area contributed by atoms with E-state index in [1.807, 2.05) is 47.0 Å². The van der Waals surface area contributed by atoms with Crippen molar-refractivity contribution in [3.8, 4) is 0 Å². The van der Waals surface area contributed by atoms with Crippen LogP contribution in [0.1, 0.15) is 19.4 Å². The molecule has 102 valence electrons. The number of nitrogens with zero attached hydrogens (tertiary/aromatic N) is 1. The Balaban J connectivity index is 2.04. The summed E-state index contributed by atoms with van der Waals surface area (Å²) in [5, 5.41) is 0.499. The van der Waals surface area contributed by atoms with Crippen LogP contribution in [0.5, 0.6) is 0 Å². The maximum absolute atomic E-state index is 12.2. The van der Waals surface area contributed by atoms with Crippen LogP contribution >= 0.6 is 11.8 Å². The molecule has 0 aliphatic carbocycles. The number of hydrogen-bond donors (Lipinski definition) is 1. The molecule has 0 saturated carbocycles. The molecule has 4 heteroatoms. The highest BCUT2D eigenvalue weighted by atomic mass is 32.2. The van der Waals surface area contributed by atoms with Gasteiger partial charge in [0, 0.05) is 35.4 Å². The van der Waals surface area contributed by atoms with Gasteiger partial charge in [-0.15, -0.1) is 0 Å². The van der Waals surface area contributed by atoms with Crippen LogP contribution in [0.3, 0.4) is 0 Å². The van der Waals surface area contributed by atoms with E-state index in [2.05, 4.69) is 13.8 Å². The van der Waals surface area contributed by atoms with Crippen molar-refractivity contribution in [2.24, 2.45) is 0 Å². The molecule has 1 saturated heterocycles. The van der Waals surface area contributed by atoms with Gasteiger partial charge in [-0.2, -0.15) is 11.8 Å². The molecule has 0 spiro atoms. The highest BCUT2D eigenvalue weighted by Gasteiger charge is 2.27. The van der Waals surface area contributed by atoms with Crippen molar-refractivity contribution in [1.82, 2.24) is 4.90 Å². The molecule has 0 bridgehead atoms. The Morgan fingerprint density at radius 2 is 2.26 bits per heavy atom. The van der Waals surface area contributed by atoms with Crippen LogP contribution in [-0.2, 0) is 4.79 Å². The third-order valence-electron chi connectivity index (χ3n) is 3.50. The Bertz CT molecular complexity index is 487. The average Bonchev–Trinajstić information content (AvgIpc) is 2.39. The second-order valence-corrected chi connectivity index (χ2v) is 6.34. The molecule has 19 heavy (non-hydrogen) atoms. The van der Waals surface area contributed by atoms with Crippen LogP contribution in [0.15, 0.2) is 30.3 Å². The largest absolute Gasteiger partial charge is 0.399 e. The van der Waals surface area contributed by atoms with Crippen molar-refractivity contribution in [3.05, 3.63) is 35.9 Å². The van der Waals surface area contributed by atoms with Crippen LogP contribution in [-0.4, -0.2) is 34.4 Å². The van der Waals surface area contributed by atoms with Gasteiger partial charge in [0.05, 0.1) is 0 Å². The zero-order valence-corrected chi connectivity index (χ0v) is 12.2. The molecule has 1 amide bonds. The van der Waals surface area contributed by atoms with E-state index in [4.69, 9.17) is 5.73 Å². The van der Waals surface area contributed by atoms with E-state index in [-0.39, 0.29) is 11.9 Å². The molecule has 1 aromatic rings. The lowest BCUT2D eigenvalue weighted by Crippen LogP contribution is -2.47. The van der Waals surface area contributed by atoms with E-state index in [0.717, 1.165) is 17.9 Å². The predicted octanol–water partition coefficient (Wildman–Crippen LogP) is 2.63. The Labute approximate surface area is 118 Å². The second kappa shape index (κ2) is 6.15. The molecule has 1 aliphatic rings. The summed E-state index contributed by atoms with van der Waals surface area (Å²) in [6, 6.07) is 7.82. The Hall–Kier alpha value is -1.42. The summed E-state index contributed by atoms with van der Waals surface area (Å²) in [4.78, 5) is 14.2. The Kier molecular flexibility index (Phi) is 4.53. The molecule has 1 aliphatic heterocycles. The van der Waals surface area contributed by atoms with E-state index < -0.39 is 0 Å². The summed E-state index contributed by atoms with van der Waals surface area (Å²) in [7, 11) is 0. The molecule has 2 atom stereocenters. The minimum Gasteiger partial charge on any atom is -0.399 e. The number of rotatable bonds is 2. The van der Waals surface area contributed by atoms with Crippen molar-refractivity contribution in [2.75, 3.05) is 18.0 Å². The highest BCUT2D eigenvalue weighted by Crippen LogP contribution is 2.24. The van der Waals surface area contributed by atoms with Crippen LogP contribution in [0.4, 0.5) is 5.69 Å². The van der Waals surface area contributed by atoms with Gasteiger partial charge >= 0.3 is 0 Å². The summed E-state index contributed by atoms with van der Waals surface area (Å²) in [6.45, 7) is 5.12. The summed E-state index contributed by atoms with van der Waals surface area (Å²) in [5.74, 6) is 1.10. The maximum atomic E-state index is 12.2. The minimum absolute atomic E-state index is 0.0853. The standard InChI is InChI=1S/C15H20N2OS/c1-11-12(2)19-9-8-17(11)15(18)7-6-13-4-3-5-14(16)10-13/h3-7,10-12H,8-9,16H2,1-2H3/b7-6+. The van der Waals surface area contributed by atoms with Gasteiger partial charge in [0.1, 0.15) is 0 Å². The maximum Gasteiger partial charge on any atom is 0.246 e. The van der Waals surface area contributed by atoms with E-state index in [1.165, 1.54) is 0 Å². The first kappa shape index (κ1) is 14.0. The molecule has 2 N–H and O–H groups in total. The fourth-order valence-corrected chi connectivity index (χ4v) is 3.27. The lowest BCUT2D eigenvalue weighted by atomic mass is 10.1. The molecule has 2 unspecified atom stereocenters. The monoisotopic (exact) mass is 276 g/mol. The zero-order chi connectivity index (χ0) is 13.8. The molecule has 0 aromatic heterocycles. The van der Waals surface area contributed by atoms with Gasteiger partial charge in [-0.3, -0.25) is 4.79 Å². The van der Waals surface area contributed by atoms with Gasteiger partial charge in [-0.05, 0) is 30.7 Å². The van der Waals surface area contributed by atoms with Gasteiger partial charge < -0.3 is 10.6 Å². The van der Waals surface area contributed by atoms with E-state index in [1.54, 1.807) is 6.08 Å². The van der Waals surface area contributed by atoms with Gasteiger partial charge in [-0.25, -0.2) is 0 Å². The number of carbonyl (C=O) groups is 1. The smallest absolute Gasteiger partial charge is 0.246 e. The van der Waals surface area contributed by atoms with E-state index >= 15 is 0 Å². The van der Waals surface area contributed by atoms with Crippen LogP contribution in [0, 0.1) is 0 Å². The molecule has 3 nitrogen and oxygen atoms in total. The van der Waals surface area contributed by atoms with Crippen LogP contribution in [0.2, 0.25) is 0 Å². The van der Waals surface area contributed by atoms with E-state index in [9.17, 15) is 4.79 Å². The third kappa shape index (κ3) is 3.53. The molecule has 1 heterocycles. The van der Waals surface area contributed by atoms with Crippen LogP contribution < -0.4 is 5.73 Å². The molecule has 1 fully saturated rings. The Morgan fingerprint density at radius 1 is 1.47 bits per heavy atom. The first-order valence-corrected chi connectivity index (χ1v) is 7.58. The minimum atomic E-state index is 0.0853. The van der Waals surface area contributed by atoms with Crippen molar-refractivity contribution in [1.29, 1.82) is 0 Å². The number of nitrogens with two attached hydrogens (primary N) is 1. The molecular formula is C15H20N2OS. The average molecular weight is 276 g/mol. The number of nitrogen functional groups attached to an aromatic ring is 1. The number of carbonyl (C=O) groups excluding carboxylic acids is 1. The Morgan fingerprint density at radius 3 is 3.00 bits per heavy atom. The first-order chi connectivity index (χ1) is 9.08. The lowest BCUT2D eigenvalue weighted by molar-refractivity contribution is -0.127. The number of amides is 1. The summed E-state index contributed by atoms with van der Waals surface area (Å²) >= 11 is 1.93. The van der Waals surface area contributed by atoms with Gasteiger partial charge in [-0.1, -0.05) is 19.1 Å². The van der Waals surface area contributed by atoms with Crippen LogP contribution in [0.25, 0.3) is 6.08 Å². The van der Waals surface area contributed by atoms with Gasteiger partial charge in [0.15, 0.2) is 0 Å². The number of anilines is 1. The first-order valence-electron chi connectivity index (χ1n) is 6.54. The van der Waals surface area contributed by atoms with E-state index in [0.29, 0.717) is 10.9 Å². The van der Waals surface area contributed by atoms with Crippen molar-refractivity contribution in [3.63, 3.8) is 0 Å². The molecular weight excluding hydrogens is 256 g/mol. The predicted molar refractivity (Wildman–Crippen MR) is 83.0 cm³/mol. The fraction of sp³-hybridized carbons (Fsp3) is 0.400. The third-order valence-corrected chi connectivity index (χ3v) is 4.83. The van der Waals surface area contributed by atoms with Crippen molar-refractivity contribution >= 4 is 29.4 Å². The summed E-state index contributed by atoms with van der Waals surface area (Å²) < 4.78 is 0. The molecule has 1 aromatic carbocycles. The van der Waals surface area contributed by atoms with Crippen molar-refractivity contribution in [2.45, 2.75) is 25.1 Å². The second-order valence-electron chi connectivity index (χ2n) is 4.85. The molecule has 2 rings (SSSR count). The quantitative estimate of drug-likeness (QED) is 0.667. The molecule has 0 radical (unpaired) electrons. The zero-order valence-electron chi connectivity index (χ0n) is 11.4.